The molecule has 256 valence electrons. The smallest absolute Gasteiger partial charge is 0.333 e. The van der Waals surface area contributed by atoms with Crippen molar-refractivity contribution in [3.05, 3.63) is 23.3 Å². The van der Waals surface area contributed by atoms with Crippen molar-refractivity contribution < 1.29 is 39.5 Å². The molecule has 0 heterocycles. The molecule has 0 spiro atoms. The molecule has 0 saturated heterocycles. The van der Waals surface area contributed by atoms with Crippen molar-refractivity contribution in [2.45, 2.75) is 130 Å². The molecular weight excluding hydrogens is 610 g/mol. The Balaban J connectivity index is 1.65. The molecule has 5 rings (SSSR count). The lowest BCUT2D eigenvalue weighted by molar-refractivity contribution is -0.240. The third kappa shape index (κ3) is 5.22. The van der Waals surface area contributed by atoms with Gasteiger partial charge in [-0.05, 0) is 68.4 Å². The van der Waals surface area contributed by atoms with Crippen LogP contribution in [0.25, 0.3) is 0 Å². The summed E-state index contributed by atoms with van der Waals surface area (Å²) in [5.41, 5.74) is -0.202. The molecule has 4 saturated carbocycles. The molecule has 0 amide bonds. The third-order valence-electron chi connectivity index (χ3n) is 15.0. The van der Waals surface area contributed by atoms with E-state index in [1.807, 2.05) is 14.8 Å². The topological polar surface area (TPSA) is 134 Å². The Kier molecular flexibility index (Phi) is 9.98. The van der Waals surface area contributed by atoms with Crippen LogP contribution >= 0.6 is 12.6 Å². The van der Waals surface area contributed by atoms with Crippen LogP contribution in [0.3, 0.4) is 0 Å². The summed E-state index contributed by atoms with van der Waals surface area (Å²) in [4.78, 5) is 26.2. The van der Waals surface area contributed by atoms with Crippen LogP contribution in [0.5, 0.6) is 0 Å². The van der Waals surface area contributed by atoms with Crippen LogP contribution in [0.15, 0.2) is 23.3 Å². The van der Waals surface area contributed by atoms with Gasteiger partial charge < -0.3 is 29.9 Å². The zero-order valence-electron chi connectivity index (χ0n) is 30.0. The second kappa shape index (κ2) is 12.6. The van der Waals surface area contributed by atoms with Crippen molar-refractivity contribution in [3.63, 3.8) is 0 Å². The van der Waals surface area contributed by atoms with Crippen LogP contribution in [0.4, 0.5) is 0 Å². The van der Waals surface area contributed by atoms with E-state index in [0.717, 1.165) is 37.7 Å². The molecular formula is C33H55B5O8S. The summed E-state index contributed by atoms with van der Waals surface area (Å²) in [7, 11) is 10.8. The number of carbonyl (C=O) groups is 2. The monoisotopic (exact) mass is 666 g/mol. The molecule has 5 aliphatic rings. The first kappa shape index (κ1) is 37.2. The lowest BCUT2D eigenvalue weighted by Gasteiger charge is -2.73. The molecule has 15 atom stereocenters. The number of hydrogen-bond acceptors (Lipinski definition) is 9. The molecule has 0 aromatic carbocycles. The van der Waals surface area contributed by atoms with Gasteiger partial charge in [0.15, 0.2) is 0 Å². The van der Waals surface area contributed by atoms with Crippen LogP contribution in [0.1, 0.15) is 72.6 Å². The Morgan fingerprint density at radius 2 is 1.74 bits per heavy atom. The van der Waals surface area contributed by atoms with Gasteiger partial charge in [0, 0.05) is 16.3 Å². The van der Waals surface area contributed by atoms with Gasteiger partial charge in [-0.3, -0.25) is 4.79 Å². The largest absolute Gasteiger partial charge is 0.465 e. The van der Waals surface area contributed by atoms with Crippen molar-refractivity contribution in [3.8, 4) is 0 Å². The maximum Gasteiger partial charge on any atom is 0.333 e. The first-order chi connectivity index (χ1) is 21.8. The summed E-state index contributed by atoms with van der Waals surface area (Å²) in [6.07, 6.45) is 3.25. The normalized spacial score (nSPS) is 50.0. The maximum atomic E-state index is 13.1. The molecule has 4 N–H and O–H groups in total. The molecule has 0 radical (unpaired) electrons. The Morgan fingerprint density at radius 1 is 1.09 bits per heavy atom. The van der Waals surface area contributed by atoms with E-state index >= 15 is 0 Å². The number of allylic oxidation sites excluding steroid dienone is 2. The summed E-state index contributed by atoms with van der Waals surface area (Å²) >= 11 is 5.04. The number of aliphatic hydroxyl groups is 4. The summed E-state index contributed by atoms with van der Waals surface area (Å²) in [6, 6.07) is 0. The van der Waals surface area contributed by atoms with E-state index < -0.39 is 63.0 Å². The lowest BCUT2D eigenvalue weighted by Crippen LogP contribution is -2.75. The Morgan fingerprint density at radius 3 is 2.36 bits per heavy atom. The van der Waals surface area contributed by atoms with Gasteiger partial charge in [-0.25, -0.2) is 4.79 Å². The minimum absolute atomic E-state index is 0.0458. The number of esters is 2. The highest BCUT2D eigenvalue weighted by Gasteiger charge is 2.75. The third-order valence-corrected chi connectivity index (χ3v) is 15.4. The van der Waals surface area contributed by atoms with E-state index in [1.165, 1.54) is 0 Å². The van der Waals surface area contributed by atoms with Crippen LogP contribution < -0.4 is 0 Å². The van der Waals surface area contributed by atoms with Gasteiger partial charge in [0.05, 0.1) is 23.5 Å². The average molecular weight is 666 g/mol. The Hall–Kier alpha value is -1.07. The summed E-state index contributed by atoms with van der Waals surface area (Å²) in [5, 5.41) is 47.0. The van der Waals surface area contributed by atoms with Crippen molar-refractivity contribution in [1.29, 1.82) is 0 Å². The minimum Gasteiger partial charge on any atom is -0.465 e. The fourth-order valence-electron chi connectivity index (χ4n) is 11.3. The van der Waals surface area contributed by atoms with Gasteiger partial charge in [-0.15, -0.1) is 0 Å². The highest BCUT2D eigenvalue weighted by molar-refractivity contribution is 7.83. The summed E-state index contributed by atoms with van der Waals surface area (Å²) in [6.45, 7) is 6.71. The predicted octanol–water partition coefficient (Wildman–Crippen LogP) is -0.877. The SMILES string of the molecule is B[C@@H]1C2CC[C@]3(B)C(CC=C4C5C[C@@](B)(S)[C@@H](OC(=O)/C(C)=C\C)[C@H](O)[C@]5(COC(=O)C(C)CC)[C@H](O)[C@H](O)[C@]43B)[C@@]2(B)CC[C@@H]1O. The zero-order valence-corrected chi connectivity index (χ0v) is 30.8. The molecule has 47 heavy (non-hydrogen) atoms. The van der Waals surface area contributed by atoms with Crippen LogP contribution in [0.2, 0.25) is 21.8 Å². The molecule has 0 aliphatic heterocycles. The summed E-state index contributed by atoms with van der Waals surface area (Å²) < 4.78 is 10.9. The molecule has 5 aliphatic carbocycles. The van der Waals surface area contributed by atoms with Gasteiger partial charge in [0.2, 0.25) is 0 Å². The second-order valence-electron chi connectivity index (χ2n) is 17.0. The molecule has 14 heteroatoms. The predicted molar refractivity (Wildman–Crippen MR) is 199 cm³/mol. The van der Waals surface area contributed by atoms with E-state index in [2.05, 4.69) is 37.5 Å². The summed E-state index contributed by atoms with van der Waals surface area (Å²) in [5.74, 6) is -1.17. The quantitative estimate of drug-likeness (QED) is 0.0814. The highest BCUT2D eigenvalue weighted by atomic mass is 32.1. The van der Waals surface area contributed by atoms with Gasteiger partial charge in [0.25, 0.3) is 0 Å². The van der Waals surface area contributed by atoms with E-state index in [9.17, 15) is 30.0 Å². The number of aliphatic hydroxyl groups excluding tert-OH is 4. The zero-order chi connectivity index (χ0) is 35.1. The van der Waals surface area contributed by atoms with Gasteiger partial charge in [-0.2, -0.15) is 12.6 Å². The number of fused-ring (bicyclic) bond motifs is 7. The first-order valence-corrected chi connectivity index (χ1v) is 18.4. The molecule has 4 unspecified atom stereocenters. The fraction of sp³-hybridized carbons (Fsp3) is 0.818. The number of ether oxygens (including phenoxy) is 2. The molecule has 8 nitrogen and oxygen atoms in total. The first-order valence-electron chi connectivity index (χ1n) is 17.9. The van der Waals surface area contributed by atoms with E-state index in [4.69, 9.17) is 22.1 Å². The highest BCUT2D eigenvalue weighted by Crippen LogP contribution is 2.80. The lowest BCUT2D eigenvalue weighted by atomic mass is 9.22. The van der Waals surface area contributed by atoms with E-state index in [0.29, 0.717) is 24.3 Å². The molecule has 0 aromatic heterocycles. The number of thiol groups is 1. The Bertz CT molecular complexity index is 1330. The van der Waals surface area contributed by atoms with E-state index in [-0.39, 0.29) is 35.7 Å². The molecule has 4 fully saturated rings. The maximum absolute atomic E-state index is 13.1. The van der Waals surface area contributed by atoms with Crippen molar-refractivity contribution in [1.82, 2.24) is 0 Å². The number of carbonyl (C=O) groups excluding carboxylic acids is 2. The van der Waals surface area contributed by atoms with Crippen LogP contribution in [-0.4, -0.2) is 113 Å². The van der Waals surface area contributed by atoms with E-state index in [1.54, 1.807) is 26.8 Å². The number of hydrogen-bond donors (Lipinski definition) is 5. The van der Waals surface area contributed by atoms with Gasteiger partial charge in [-0.1, -0.05) is 61.5 Å². The fourth-order valence-corrected chi connectivity index (χ4v) is 11.7. The standard InChI is InChI=1S/C33H55B5O8S/c1-5-15(3)27(43)45-14-29-19(13-32(37,47)26(25(29)42)46-28(44)16(4)6-2)17-7-8-21-30(35)11-10-20(39)22(34)18(30)9-12-31(21,36)33(17,38)24(41)23(29)40/h6-7,15,18-26,39-42,47H,5,8-14,34-38H2,1-4H3/b16-6-/t15?,18?,19?,20-,21?,22+,23+,24-,25-,26-,29-,30+,31-,32+,33+/m0/s1. The average Bonchev–Trinajstić information content (AvgIpc) is 3.03. The van der Waals surface area contributed by atoms with Crippen LogP contribution in [0, 0.1) is 29.1 Å². The van der Waals surface area contributed by atoms with Crippen molar-refractivity contribution in [2.75, 3.05) is 6.61 Å². The second-order valence-corrected chi connectivity index (χ2v) is 18.0. The Labute approximate surface area is 291 Å². The number of rotatable bonds is 6. The molecule has 0 bridgehead atoms. The van der Waals surface area contributed by atoms with Gasteiger partial charge in [0.1, 0.15) is 58.0 Å². The molecule has 0 aromatic rings. The van der Waals surface area contributed by atoms with Crippen molar-refractivity contribution >= 4 is 63.8 Å². The minimum atomic E-state index is -1.54. The van der Waals surface area contributed by atoms with Gasteiger partial charge >= 0.3 is 11.9 Å². The van der Waals surface area contributed by atoms with Crippen LogP contribution in [-0.2, 0) is 19.1 Å². The van der Waals surface area contributed by atoms with Crippen molar-refractivity contribution in [2.24, 2.45) is 29.1 Å².